The molecule has 0 spiro atoms. The van der Waals surface area contributed by atoms with Crippen LogP contribution in [0.1, 0.15) is 86.5 Å². The van der Waals surface area contributed by atoms with Crippen molar-refractivity contribution in [3.05, 3.63) is 106 Å². The number of hydrogen-bond acceptors (Lipinski definition) is 2. The number of fused-ring (bicyclic) bond motifs is 1. The Morgan fingerprint density at radius 2 is 1.46 bits per heavy atom. The Hall–Kier alpha value is -3.60. The highest BCUT2D eigenvalue weighted by molar-refractivity contribution is 5.94. The Labute approximate surface area is 232 Å². The Morgan fingerprint density at radius 3 is 2.08 bits per heavy atom. The highest BCUT2D eigenvalue weighted by Crippen LogP contribution is 2.28. The van der Waals surface area contributed by atoms with Gasteiger partial charge in [0.2, 0.25) is 0 Å². The van der Waals surface area contributed by atoms with Crippen LogP contribution in [0.25, 0.3) is 11.0 Å². The summed E-state index contributed by atoms with van der Waals surface area (Å²) in [7, 11) is 0. The number of aromatic nitrogens is 2. The van der Waals surface area contributed by atoms with Crippen LogP contribution in [-0.4, -0.2) is 33.0 Å². The molecule has 5 rings (SSSR count). The van der Waals surface area contributed by atoms with Crippen LogP contribution >= 0.6 is 0 Å². The van der Waals surface area contributed by atoms with Gasteiger partial charge in [0.05, 0.1) is 17.6 Å². The van der Waals surface area contributed by atoms with Crippen LogP contribution in [-0.2, 0) is 18.4 Å². The summed E-state index contributed by atoms with van der Waals surface area (Å²) in [6, 6.07) is 24.9. The number of piperidine rings is 1. The average Bonchev–Trinajstić information content (AvgIpc) is 3.22. The molecule has 1 saturated heterocycles. The summed E-state index contributed by atoms with van der Waals surface area (Å²) in [6.07, 6.45) is 4.94. The summed E-state index contributed by atoms with van der Waals surface area (Å²) < 4.78 is 3.88. The minimum Gasteiger partial charge on any atom is -0.338 e. The Balaban J connectivity index is 1.32. The summed E-state index contributed by atoms with van der Waals surface area (Å²) in [6.45, 7) is 10.7. The third-order valence-electron chi connectivity index (χ3n) is 8.17. The molecule has 0 atom stereocenters. The molecule has 0 saturated carbocycles. The number of para-hydroxylation sites is 2. The van der Waals surface area contributed by atoms with Crippen molar-refractivity contribution < 1.29 is 4.79 Å². The predicted molar refractivity (Wildman–Crippen MR) is 160 cm³/mol. The number of benzene rings is 3. The molecule has 5 heteroatoms. The van der Waals surface area contributed by atoms with Crippen molar-refractivity contribution in [3.63, 3.8) is 0 Å². The molecule has 1 aliphatic heterocycles. The minimum atomic E-state index is 0.0311. The van der Waals surface area contributed by atoms with E-state index < -0.39 is 0 Å². The van der Waals surface area contributed by atoms with E-state index in [1.165, 1.54) is 24.0 Å². The lowest BCUT2D eigenvalue weighted by Crippen LogP contribution is -2.41. The lowest BCUT2D eigenvalue weighted by Gasteiger charge is -2.32. The van der Waals surface area contributed by atoms with Gasteiger partial charge in [-0.05, 0) is 72.1 Å². The van der Waals surface area contributed by atoms with E-state index in [2.05, 4.69) is 64.1 Å². The number of carbonyl (C=O) groups excluding carboxylic acids is 1. The first-order valence-corrected chi connectivity index (χ1v) is 14.4. The molecule has 0 bridgehead atoms. The molecular weight excluding hydrogens is 482 g/mol. The second-order valence-corrected chi connectivity index (χ2v) is 12.0. The van der Waals surface area contributed by atoms with Gasteiger partial charge < -0.3 is 4.90 Å². The van der Waals surface area contributed by atoms with E-state index in [0.717, 1.165) is 41.4 Å². The van der Waals surface area contributed by atoms with E-state index in [0.29, 0.717) is 19.6 Å². The highest BCUT2D eigenvalue weighted by Gasteiger charge is 2.28. The van der Waals surface area contributed by atoms with Crippen molar-refractivity contribution in [2.75, 3.05) is 13.1 Å². The van der Waals surface area contributed by atoms with Gasteiger partial charge in [0.15, 0.2) is 0 Å². The summed E-state index contributed by atoms with van der Waals surface area (Å²) in [4.78, 5) is 28.9. The first-order chi connectivity index (χ1) is 18.8. The second kappa shape index (κ2) is 11.3. The molecule has 4 aromatic rings. The number of unbranched alkanes of at least 4 members (excludes halogenated alkanes) is 1. The molecular formula is C34H41N3O2. The van der Waals surface area contributed by atoms with E-state index in [1.807, 2.05) is 50.4 Å². The number of rotatable bonds is 7. The number of carbonyl (C=O) groups is 1. The molecule has 1 amide bonds. The van der Waals surface area contributed by atoms with E-state index in [9.17, 15) is 9.59 Å². The van der Waals surface area contributed by atoms with E-state index in [4.69, 9.17) is 0 Å². The van der Waals surface area contributed by atoms with E-state index in [1.54, 1.807) is 0 Å². The number of imidazole rings is 1. The Morgan fingerprint density at radius 1 is 0.846 bits per heavy atom. The topological polar surface area (TPSA) is 47.2 Å². The smallest absolute Gasteiger partial charge is 0.329 e. The molecule has 39 heavy (non-hydrogen) atoms. The predicted octanol–water partition coefficient (Wildman–Crippen LogP) is 6.97. The molecule has 2 heterocycles. The molecule has 5 nitrogen and oxygen atoms in total. The van der Waals surface area contributed by atoms with Gasteiger partial charge in [-0.2, -0.15) is 0 Å². The maximum absolute atomic E-state index is 13.8. The van der Waals surface area contributed by atoms with Gasteiger partial charge >= 0.3 is 5.69 Å². The van der Waals surface area contributed by atoms with Crippen LogP contribution < -0.4 is 5.69 Å². The van der Waals surface area contributed by atoms with Gasteiger partial charge in [0, 0.05) is 24.7 Å². The Bertz CT molecular complexity index is 1480. The van der Waals surface area contributed by atoms with Crippen molar-refractivity contribution in [1.29, 1.82) is 0 Å². The van der Waals surface area contributed by atoms with Crippen molar-refractivity contribution >= 4 is 16.9 Å². The highest BCUT2D eigenvalue weighted by atomic mass is 16.2. The summed E-state index contributed by atoms with van der Waals surface area (Å²) >= 11 is 0. The number of nitrogens with zero attached hydrogens (tertiary/aromatic N) is 3. The SMILES string of the molecule is CCCCc1ccc(C(=O)N2CCC(n3c(=O)n(Cc4ccc(C(C)(C)C)cc4)c4ccccc43)CC2)cc1. The van der Waals surface area contributed by atoms with Crippen LogP contribution in [0.2, 0.25) is 0 Å². The molecule has 3 aromatic carbocycles. The normalized spacial score (nSPS) is 14.7. The zero-order chi connectivity index (χ0) is 27.6. The van der Waals surface area contributed by atoms with Crippen molar-refractivity contribution in [3.8, 4) is 0 Å². The second-order valence-electron chi connectivity index (χ2n) is 12.0. The molecule has 0 N–H and O–H groups in total. The monoisotopic (exact) mass is 523 g/mol. The first kappa shape index (κ1) is 27.0. The van der Waals surface area contributed by atoms with Crippen LogP contribution in [0.4, 0.5) is 0 Å². The van der Waals surface area contributed by atoms with Gasteiger partial charge in [0.1, 0.15) is 0 Å². The fourth-order valence-electron chi connectivity index (χ4n) is 5.74. The fraction of sp³-hybridized carbons (Fsp3) is 0.412. The van der Waals surface area contributed by atoms with Gasteiger partial charge in [-0.1, -0.05) is 82.6 Å². The lowest BCUT2D eigenvalue weighted by atomic mass is 9.87. The number of hydrogen-bond donors (Lipinski definition) is 0. The zero-order valence-corrected chi connectivity index (χ0v) is 23.8. The maximum atomic E-state index is 13.8. The number of aryl methyl sites for hydroxylation is 1. The zero-order valence-electron chi connectivity index (χ0n) is 23.8. The van der Waals surface area contributed by atoms with Gasteiger partial charge in [-0.3, -0.25) is 13.9 Å². The third-order valence-corrected chi connectivity index (χ3v) is 8.17. The van der Waals surface area contributed by atoms with Crippen LogP contribution in [0, 0.1) is 0 Å². The van der Waals surface area contributed by atoms with Crippen LogP contribution in [0.15, 0.2) is 77.6 Å². The van der Waals surface area contributed by atoms with E-state index >= 15 is 0 Å². The average molecular weight is 524 g/mol. The van der Waals surface area contributed by atoms with Crippen molar-refractivity contribution in [1.82, 2.24) is 14.0 Å². The largest absolute Gasteiger partial charge is 0.338 e. The quantitative estimate of drug-likeness (QED) is 0.263. The van der Waals surface area contributed by atoms with Crippen LogP contribution in [0.5, 0.6) is 0 Å². The summed E-state index contributed by atoms with van der Waals surface area (Å²) in [5.41, 5.74) is 6.51. The molecule has 1 fully saturated rings. The lowest BCUT2D eigenvalue weighted by molar-refractivity contribution is 0.0694. The van der Waals surface area contributed by atoms with Crippen LogP contribution in [0.3, 0.4) is 0 Å². The Kier molecular flexibility index (Phi) is 7.79. The number of amides is 1. The van der Waals surface area contributed by atoms with E-state index in [-0.39, 0.29) is 23.1 Å². The maximum Gasteiger partial charge on any atom is 0.329 e. The summed E-state index contributed by atoms with van der Waals surface area (Å²) in [5.74, 6) is 0.0870. The molecule has 0 unspecified atom stereocenters. The van der Waals surface area contributed by atoms with Gasteiger partial charge in [-0.25, -0.2) is 4.79 Å². The minimum absolute atomic E-state index is 0.0311. The van der Waals surface area contributed by atoms with Crippen molar-refractivity contribution in [2.24, 2.45) is 0 Å². The van der Waals surface area contributed by atoms with Gasteiger partial charge in [-0.15, -0.1) is 0 Å². The molecule has 1 aromatic heterocycles. The third kappa shape index (κ3) is 5.73. The standard InChI is InChI=1S/C34H41N3O2/c1-5-6-9-25-12-16-27(17-13-25)32(38)35-22-20-29(21-23-35)37-31-11-8-7-10-30(31)36(33(37)39)24-26-14-18-28(19-15-26)34(2,3)4/h7-8,10-19,29H,5-6,9,20-24H2,1-4H3. The van der Waals surface area contributed by atoms with Gasteiger partial charge in [0.25, 0.3) is 5.91 Å². The number of likely N-dealkylation sites (tertiary alicyclic amines) is 1. The molecule has 0 aliphatic carbocycles. The summed E-state index contributed by atoms with van der Waals surface area (Å²) in [5, 5.41) is 0. The van der Waals surface area contributed by atoms with Crippen molar-refractivity contribution in [2.45, 2.75) is 77.8 Å². The molecule has 204 valence electrons. The molecule has 0 radical (unpaired) electrons. The first-order valence-electron chi connectivity index (χ1n) is 14.4. The fourth-order valence-corrected chi connectivity index (χ4v) is 5.74. The molecule has 1 aliphatic rings.